The number of ketones is 1. The van der Waals surface area contributed by atoms with E-state index in [9.17, 15) is 23.3 Å². The molecule has 7 nitrogen and oxygen atoms in total. The number of hydrogen-bond donors (Lipinski definition) is 0. The highest BCUT2D eigenvalue weighted by atomic mass is 32.2. The Kier molecular flexibility index (Phi) is 6.65. The van der Waals surface area contributed by atoms with Crippen LogP contribution in [0.3, 0.4) is 0 Å². The van der Waals surface area contributed by atoms with Crippen molar-refractivity contribution >= 4 is 21.9 Å². The molecule has 5 rings (SSSR count). The molecule has 0 aliphatic heterocycles. The van der Waals surface area contributed by atoms with Crippen molar-refractivity contribution in [3.05, 3.63) is 23.3 Å². The fourth-order valence-electron chi connectivity index (χ4n) is 10.6. The van der Waals surface area contributed by atoms with Gasteiger partial charge in [-0.2, -0.15) is 13.7 Å². The van der Waals surface area contributed by atoms with Crippen LogP contribution in [0, 0.1) is 68.0 Å². The number of hydrogen-bond acceptors (Lipinski definition) is 7. The van der Waals surface area contributed by atoms with Gasteiger partial charge in [-0.3, -0.25) is 13.8 Å². The van der Waals surface area contributed by atoms with Crippen LogP contribution >= 0.6 is 0 Å². The molecule has 10 atom stereocenters. The minimum absolute atomic E-state index is 0.0303. The van der Waals surface area contributed by atoms with Gasteiger partial charge in [0.1, 0.15) is 0 Å². The molecule has 0 amide bonds. The van der Waals surface area contributed by atoms with Gasteiger partial charge in [-0.25, -0.2) is 0 Å². The molecule has 40 heavy (non-hydrogen) atoms. The summed E-state index contributed by atoms with van der Waals surface area (Å²) in [5.74, 6) is -0.0552. The number of ether oxygens (including phenoxy) is 1. The SMILES string of the molecule is COC(=O)[C@]12CC[C@@H](C)[C@H](C)[C@H]1C1=CC(=O)[C@@H]3[C@@]4(C)C(C#N)=C[C@@](C)(COS(C)(=O)=O)[C@@H]4CC[C@@]3(C)[C@]1(C)CC2. The Morgan fingerprint density at radius 3 is 2.38 bits per heavy atom. The van der Waals surface area contributed by atoms with E-state index in [1.54, 1.807) is 0 Å². The molecule has 0 heterocycles. The van der Waals surface area contributed by atoms with Crippen molar-refractivity contribution in [1.29, 1.82) is 5.26 Å². The molecule has 0 unspecified atom stereocenters. The van der Waals surface area contributed by atoms with Gasteiger partial charge in [-0.05, 0) is 79.1 Å². The monoisotopic (exact) mass is 571 g/mol. The van der Waals surface area contributed by atoms with Crippen molar-refractivity contribution in [1.82, 2.24) is 0 Å². The minimum atomic E-state index is -3.67. The van der Waals surface area contributed by atoms with E-state index < -0.39 is 37.7 Å². The zero-order valence-electron chi connectivity index (χ0n) is 25.3. The number of rotatable bonds is 4. The van der Waals surface area contributed by atoms with Crippen LogP contribution in [0.25, 0.3) is 0 Å². The lowest BCUT2D eigenvalue weighted by Gasteiger charge is -2.68. The normalized spacial score (nSPS) is 48.0. The van der Waals surface area contributed by atoms with E-state index in [0.717, 1.165) is 50.4 Å². The Balaban J connectivity index is 1.65. The average Bonchev–Trinajstić information content (AvgIpc) is 3.11. The summed E-state index contributed by atoms with van der Waals surface area (Å²) in [6.45, 7) is 13.0. The lowest BCUT2D eigenvalue weighted by atomic mass is 9.34. The number of nitrogens with zero attached hydrogens (tertiary/aromatic N) is 1. The maximum Gasteiger partial charge on any atom is 0.312 e. The van der Waals surface area contributed by atoms with E-state index in [-0.39, 0.29) is 41.5 Å². The number of fused-ring (bicyclic) bond motifs is 7. The Labute approximate surface area is 239 Å². The predicted molar refractivity (Wildman–Crippen MR) is 151 cm³/mol. The van der Waals surface area contributed by atoms with Gasteiger partial charge in [0.2, 0.25) is 0 Å². The number of methoxy groups -OCH3 is 1. The number of nitriles is 1. The lowest BCUT2D eigenvalue weighted by Crippen LogP contribution is -2.65. The minimum Gasteiger partial charge on any atom is -0.469 e. The topological polar surface area (TPSA) is 111 Å². The molecule has 0 bridgehead atoms. The highest BCUT2D eigenvalue weighted by Crippen LogP contribution is 2.76. The Hall–Kier alpha value is -1.98. The zero-order valence-corrected chi connectivity index (χ0v) is 26.1. The summed E-state index contributed by atoms with van der Waals surface area (Å²) in [5, 5.41) is 10.4. The molecule has 0 aromatic carbocycles. The van der Waals surface area contributed by atoms with Gasteiger partial charge in [0, 0.05) is 22.3 Å². The fourth-order valence-corrected chi connectivity index (χ4v) is 11.1. The Morgan fingerprint density at radius 2 is 1.77 bits per heavy atom. The third-order valence-electron chi connectivity index (χ3n) is 13.0. The quantitative estimate of drug-likeness (QED) is 0.318. The molecular weight excluding hydrogens is 526 g/mol. The first-order chi connectivity index (χ1) is 18.4. The third kappa shape index (κ3) is 3.65. The van der Waals surface area contributed by atoms with Crippen molar-refractivity contribution in [3.63, 3.8) is 0 Å². The second-order valence-electron chi connectivity index (χ2n) is 14.7. The van der Waals surface area contributed by atoms with Gasteiger partial charge in [0.25, 0.3) is 10.1 Å². The molecule has 0 N–H and O–H groups in total. The van der Waals surface area contributed by atoms with Crippen LogP contribution in [0.4, 0.5) is 0 Å². The molecule has 3 saturated carbocycles. The van der Waals surface area contributed by atoms with Crippen LogP contribution in [0.2, 0.25) is 0 Å². The molecule has 0 radical (unpaired) electrons. The molecule has 220 valence electrons. The van der Waals surface area contributed by atoms with Gasteiger partial charge in [0.05, 0.1) is 31.5 Å². The largest absolute Gasteiger partial charge is 0.469 e. The Morgan fingerprint density at radius 1 is 1.10 bits per heavy atom. The van der Waals surface area contributed by atoms with Crippen molar-refractivity contribution in [2.45, 2.75) is 80.1 Å². The summed E-state index contributed by atoms with van der Waals surface area (Å²) in [6, 6.07) is 2.42. The molecule has 8 heteroatoms. The van der Waals surface area contributed by atoms with Crippen LogP contribution in [0.1, 0.15) is 80.1 Å². The van der Waals surface area contributed by atoms with Crippen molar-refractivity contribution < 1.29 is 26.9 Å². The summed E-state index contributed by atoms with van der Waals surface area (Å²) < 4.78 is 34.5. The highest BCUT2D eigenvalue weighted by Gasteiger charge is 2.72. The smallest absolute Gasteiger partial charge is 0.312 e. The van der Waals surface area contributed by atoms with Crippen LogP contribution in [-0.2, 0) is 28.6 Å². The summed E-state index contributed by atoms with van der Waals surface area (Å²) in [4.78, 5) is 28.0. The van der Waals surface area contributed by atoms with E-state index in [1.807, 2.05) is 26.0 Å². The lowest BCUT2D eigenvalue weighted by molar-refractivity contribution is -0.179. The second kappa shape index (κ2) is 9.01. The summed E-state index contributed by atoms with van der Waals surface area (Å²) in [6.07, 6.45) is 9.58. The van der Waals surface area contributed by atoms with E-state index >= 15 is 0 Å². The van der Waals surface area contributed by atoms with Crippen molar-refractivity contribution in [2.75, 3.05) is 20.0 Å². The first-order valence-electron chi connectivity index (χ1n) is 14.8. The molecule has 5 aliphatic rings. The Bertz CT molecular complexity index is 1360. The standard InChI is InChI=1S/C32H45NO6S/c1-19-9-12-32(27(35)38-7)14-13-29(4)22(25(32)20(19)2)15-23(34)26-30(29,5)11-10-24-28(3,18-39-40(8,36)37)16-21(17-33)31(24,26)6/h15-16,19-20,24-26H,9-14,18H2,1-8H3/t19-,20+,24+,25+,26+,28+,29-,30-,31+,32+/m1/s1. The van der Waals surface area contributed by atoms with E-state index in [4.69, 9.17) is 8.92 Å². The van der Waals surface area contributed by atoms with Gasteiger partial charge in [-0.15, -0.1) is 0 Å². The summed E-state index contributed by atoms with van der Waals surface area (Å²) in [5.41, 5.74) is -1.13. The third-order valence-corrected chi connectivity index (χ3v) is 13.6. The van der Waals surface area contributed by atoms with E-state index in [0.29, 0.717) is 11.5 Å². The maximum absolute atomic E-state index is 14.5. The highest BCUT2D eigenvalue weighted by molar-refractivity contribution is 7.85. The maximum atomic E-state index is 14.5. The molecular formula is C32H45NO6S. The molecule has 0 aromatic rings. The second-order valence-corrected chi connectivity index (χ2v) is 16.3. The van der Waals surface area contributed by atoms with Gasteiger partial charge >= 0.3 is 5.97 Å². The number of carbonyl (C=O) groups excluding carboxylic acids is 2. The number of esters is 1. The van der Waals surface area contributed by atoms with Crippen molar-refractivity contribution in [2.24, 2.45) is 56.7 Å². The van der Waals surface area contributed by atoms with E-state index in [1.165, 1.54) is 7.11 Å². The van der Waals surface area contributed by atoms with Gasteiger partial charge in [0.15, 0.2) is 5.78 Å². The van der Waals surface area contributed by atoms with Crippen LogP contribution in [0.15, 0.2) is 23.3 Å². The van der Waals surface area contributed by atoms with E-state index in [2.05, 4.69) is 33.8 Å². The first-order valence-corrected chi connectivity index (χ1v) is 16.6. The van der Waals surface area contributed by atoms with Crippen LogP contribution in [0.5, 0.6) is 0 Å². The summed E-state index contributed by atoms with van der Waals surface area (Å²) >= 11 is 0. The fraction of sp³-hybridized carbons (Fsp3) is 0.781. The zero-order chi connectivity index (χ0) is 29.7. The molecule has 0 spiro atoms. The molecule has 3 fully saturated rings. The molecule has 0 saturated heterocycles. The number of allylic oxidation sites excluding steroid dienone is 3. The number of carbonyl (C=O) groups is 2. The predicted octanol–water partition coefficient (Wildman–Crippen LogP) is 5.62. The van der Waals surface area contributed by atoms with Crippen molar-refractivity contribution in [3.8, 4) is 6.07 Å². The first kappa shape index (κ1) is 29.5. The van der Waals surface area contributed by atoms with Crippen LogP contribution < -0.4 is 0 Å². The average molecular weight is 572 g/mol. The molecule has 5 aliphatic carbocycles. The van der Waals surface area contributed by atoms with Crippen LogP contribution in [-0.4, -0.2) is 40.1 Å². The van der Waals surface area contributed by atoms with Gasteiger partial charge in [-0.1, -0.05) is 53.2 Å². The summed E-state index contributed by atoms with van der Waals surface area (Å²) in [7, 11) is -2.19. The molecule has 0 aromatic heterocycles. The van der Waals surface area contributed by atoms with Gasteiger partial charge < -0.3 is 4.74 Å².